The summed E-state index contributed by atoms with van der Waals surface area (Å²) in [4.78, 5) is 10.1. The molecule has 0 bridgehead atoms. The molecular weight excluding hydrogens is 518 g/mol. The van der Waals surface area contributed by atoms with E-state index in [1.54, 1.807) is 4.74 Å². The number of primary sulfonamides is 1. The van der Waals surface area contributed by atoms with Crippen molar-refractivity contribution in [3.63, 3.8) is 0 Å². The SMILES string of the molecule is N.NS(=O)(=O)C(F)(F)C(F)(F)OC(F)(C(F)(F)F)C(F)(F)OC(F)(C(=O)O)C(F)(F)F. The third kappa shape index (κ3) is 5.20. The molecule has 0 saturated heterocycles. The van der Waals surface area contributed by atoms with Crippen molar-refractivity contribution < 1.29 is 89.3 Å². The summed E-state index contributed by atoms with van der Waals surface area (Å²) in [5.74, 6) is -19.1. The van der Waals surface area contributed by atoms with Crippen LogP contribution < -0.4 is 11.3 Å². The van der Waals surface area contributed by atoms with Gasteiger partial charge in [-0.15, -0.1) is 0 Å². The summed E-state index contributed by atoms with van der Waals surface area (Å²) >= 11 is 0. The second-order valence-corrected chi connectivity index (χ2v) is 6.39. The lowest BCUT2D eigenvalue weighted by Gasteiger charge is -2.39. The molecule has 0 heterocycles. The van der Waals surface area contributed by atoms with Crippen molar-refractivity contribution in [2.45, 2.75) is 41.5 Å². The number of carboxylic acids is 1. The van der Waals surface area contributed by atoms with Gasteiger partial charge in [-0.05, 0) is 0 Å². The first-order valence-electron chi connectivity index (χ1n) is 5.91. The minimum Gasteiger partial charge on any atom is -0.477 e. The molecule has 0 fully saturated rings. The molecular formula is C8H6F14N2O6S. The Morgan fingerprint density at radius 2 is 1.06 bits per heavy atom. The van der Waals surface area contributed by atoms with Crippen LogP contribution in [0.15, 0.2) is 0 Å². The highest BCUT2D eigenvalue weighted by atomic mass is 32.2. The second-order valence-electron chi connectivity index (χ2n) is 4.79. The third-order valence-electron chi connectivity index (χ3n) is 2.61. The third-order valence-corrected chi connectivity index (χ3v) is 3.56. The van der Waals surface area contributed by atoms with E-state index < -0.39 is 57.5 Å². The van der Waals surface area contributed by atoms with Crippen molar-refractivity contribution >= 4 is 16.0 Å². The second kappa shape index (κ2) is 8.00. The number of sulfonamides is 1. The highest BCUT2D eigenvalue weighted by Crippen LogP contribution is 2.54. The molecule has 0 aliphatic rings. The zero-order valence-corrected chi connectivity index (χ0v) is 14.3. The van der Waals surface area contributed by atoms with Crippen LogP contribution in [0.2, 0.25) is 0 Å². The highest BCUT2D eigenvalue weighted by molar-refractivity contribution is 7.90. The summed E-state index contributed by atoms with van der Waals surface area (Å²) < 4.78 is 203. The number of ether oxygens (including phenoxy) is 2. The van der Waals surface area contributed by atoms with Crippen molar-refractivity contribution in [2.75, 3.05) is 0 Å². The molecule has 2 atom stereocenters. The molecule has 0 spiro atoms. The van der Waals surface area contributed by atoms with Gasteiger partial charge < -0.3 is 11.3 Å². The summed E-state index contributed by atoms with van der Waals surface area (Å²) in [6.45, 7) is 0. The van der Waals surface area contributed by atoms with Crippen LogP contribution in [-0.4, -0.2) is 61.0 Å². The lowest BCUT2D eigenvalue weighted by molar-refractivity contribution is -0.534. The number of halogens is 14. The van der Waals surface area contributed by atoms with Crippen LogP contribution in [0.3, 0.4) is 0 Å². The predicted octanol–water partition coefficient (Wildman–Crippen LogP) is 2.79. The fraction of sp³-hybridized carbons (Fsp3) is 0.875. The molecule has 31 heavy (non-hydrogen) atoms. The number of carbonyl (C=O) groups is 1. The van der Waals surface area contributed by atoms with Crippen LogP contribution >= 0.6 is 0 Å². The van der Waals surface area contributed by atoms with Gasteiger partial charge in [0.25, 0.3) is 10.0 Å². The first-order valence-corrected chi connectivity index (χ1v) is 7.46. The summed E-state index contributed by atoms with van der Waals surface area (Å²) in [5, 5.41) is 4.26. The van der Waals surface area contributed by atoms with Gasteiger partial charge in [-0.2, -0.15) is 61.5 Å². The molecule has 0 aliphatic heterocycles. The van der Waals surface area contributed by atoms with E-state index in [1.165, 1.54) is 4.74 Å². The molecule has 0 amide bonds. The summed E-state index contributed by atoms with van der Waals surface area (Å²) in [6.07, 6.45) is -30.4. The zero-order valence-electron chi connectivity index (χ0n) is 13.5. The quantitative estimate of drug-likeness (QED) is 0.413. The maximum atomic E-state index is 13.7. The van der Waals surface area contributed by atoms with Gasteiger partial charge in [-0.1, -0.05) is 0 Å². The van der Waals surface area contributed by atoms with E-state index in [0.717, 1.165) is 0 Å². The molecule has 8 nitrogen and oxygen atoms in total. The van der Waals surface area contributed by atoms with Crippen LogP contribution in [0.25, 0.3) is 0 Å². The van der Waals surface area contributed by atoms with Crippen molar-refractivity contribution in [3.05, 3.63) is 0 Å². The van der Waals surface area contributed by atoms with Gasteiger partial charge in [0.1, 0.15) is 0 Å². The fourth-order valence-corrected chi connectivity index (χ4v) is 1.52. The Labute approximate surface area is 159 Å². The predicted molar refractivity (Wildman–Crippen MR) is 62.6 cm³/mol. The Hall–Kier alpha value is -1.72. The van der Waals surface area contributed by atoms with Crippen molar-refractivity contribution in [1.29, 1.82) is 0 Å². The Morgan fingerprint density at radius 1 is 0.710 bits per heavy atom. The van der Waals surface area contributed by atoms with E-state index in [4.69, 9.17) is 5.11 Å². The van der Waals surface area contributed by atoms with E-state index in [1.807, 2.05) is 0 Å². The molecule has 188 valence electrons. The van der Waals surface area contributed by atoms with Crippen LogP contribution in [0, 0.1) is 0 Å². The topological polar surface area (TPSA) is 151 Å². The fourth-order valence-electron chi connectivity index (χ4n) is 1.15. The Balaban J connectivity index is 0. The van der Waals surface area contributed by atoms with Gasteiger partial charge in [-0.25, -0.2) is 18.4 Å². The number of hydrogen-bond acceptors (Lipinski definition) is 6. The maximum Gasteiger partial charge on any atom is 0.460 e. The molecule has 0 saturated carbocycles. The van der Waals surface area contributed by atoms with Gasteiger partial charge in [-0.3, -0.25) is 9.47 Å². The van der Waals surface area contributed by atoms with Crippen molar-refractivity contribution in [1.82, 2.24) is 6.15 Å². The normalized spacial score (nSPS) is 18.5. The molecule has 0 aliphatic carbocycles. The van der Waals surface area contributed by atoms with E-state index in [0.29, 0.717) is 0 Å². The molecule has 2 unspecified atom stereocenters. The van der Waals surface area contributed by atoms with Gasteiger partial charge in [0.05, 0.1) is 0 Å². The average Bonchev–Trinajstić information content (AvgIpc) is 2.41. The molecule has 0 aromatic rings. The van der Waals surface area contributed by atoms with Gasteiger partial charge in [0.15, 0.2) is 0 Å². The standard InChI is InChI=1S/C8H3F14NO6S.H3N/c9-2(1(24)25,4(11,12)13)28-6(17,18)3(10,5(14,15)16)29-7(19,20)8(21,22)30(23,26)27;/h(H,24,25)(H2,23,26,27);1H3. The van der Waals surface area contributed by atoms with Gasteiger partial charge in [0.2, 0.25) is 0 Å². The number of carboxylic acid groups (broad SMARTS) is 1. The molecule has 0 aromatic carbocycles. The first kappa shape index (κ1) is 31.5. The molecule has 0 radical (unpaired) electrons. The minimum atomic E-state index is -7.91. The van der Waals surface area contributed by atoms with Crippen LogP contribution in [0.1, 0.15) is 0 Å². The van der Waals surface area contributed by atoms with E-state index >= 15 is 0 Å². The van der Waals surface area contributed by atoms with E-state index in [2.05, 4.69) is 5.14 Å². The smallest absolute Gasteiger partial charge is 0.460 e. The van der Waals surface area contributed by atoms with Gasteiger partial charge >= 0.3 is 47.5 Å². The monoisotopic (exact) mass is 524 g/mol. The summed E-state index contributed by atoms with van der Waals surface area (Å²) in [7, 11) is -7.07. The van der Waals surface area contributed by atoms with Crippen LogP contribution in [-0.2, 0) is 24.3 Å². The van der Waals surface area contributed by atoms with E-state index in [-0.39, 0.29) is 6.15 Å². The van der Waals surface area contributed by atoms with Gasteiger partial charge in [0, 0.05) is 0 Å². The minimum absolute atomic E-state index is 0. The number of alkyl halides is 14. The molecule has 0 rings (SSSR count). The Bertz CT molecular complexity index is 781. The van der Waals surface area contributed by atoms with Crippen LogP contribution in [0.5, 0.6) is 0 Å². The number of rotatable bonds is 8. The number of hydrogen-bond donors (Lipinski definition) is 3. The molecule has 23 heteroatoms. The number of nitrogens with two attached hydrogens (primary N) is 1. The first-order chi connectivity index (χ1) is 12.6. The lowest BCUT2D eigenvalue weighted by atomic mass is 10.2. The van der Waals surface area contributed by atoms with E-state index in [9.17, 15) is 74.7 Å². The summed E-state index contributed by atoms with van der Waals surface area (Å²) in [6, 6.07) is 0. The Kier molecular flexibility index (Phi) is 8.12. The molecule has 6 N–H and O–H groups in total. The van der Waals surface area contributed by atoms with Crippen molar-refractivity contribution in [2.24, 2.45) is 5.14 Å². The zero-order chi connectivity index (χ0) is 25.0. The highest BCUT2D eigenvalue weighted by Gasteiger charge is 2.84. The van der Waals surface area contributed by atoms with Crippen LogP contribution in [0.4, 0.5) is 61.5 Å². The summed E-state index contributed by atoms with van der Waals surface area (Å²) in [5.41, 5.74) is 0. The Morgan fingerprint density at radius 3 is 1.29 bits per heavy atom. The lowest BCUT2D eigenvalue weighted by Crippen LogP contribution is -2.67. The molecule has 0 aromatic heterocycles. The number of aliphatic carboxylic acids is 1. The maximum absolute atomic E-state index is 13.7. The largest absolute Gasteiger partial charge is 0.477 e. The average molecular weight is 524 g/mol. The van der Waals surface area contributed by atoms with Crippen molar-refractivity contribution in [3.8, 4) is 0 Å².